The van der Waals surface area contributed by atoms with Crippen molar-refractivity contribution in [3.8, 4) is 0 Å². The Balaban J connectivity index is 2.22. The summed E-state index contributed by atoms with van der Waals surface area (Å²) in [7, 11) is 0. The van der Waals surface area contributed by atoms with Gasteiger partial charge in [0.1, 0.15) is 17.3 Å². The summed E-state index contributed by atoms with van der Waals surface area (Å²) in [6, 6.07) is 9.55. The molecule has 2 rings (SSSR count). The van der Waals surface area contributed by atoms with Crippen LogP contribution in [0.1, 0.15) is 17.4 Å². The molecule has 0 aliphatic carbocycles. The van der Waals surface area contributed by atoms with Crippen molar-refractivity contribution in [2.45, 2.75) is 6.92 Å². The van der Waals surface area contributed by atoms with Crippen molar-refractivity contribution in [1.29, 1.82) is 0 Å². The smallest absolute Gasteiger partial charge is 0.274 e. The zero-order valence-corrected chi connectivity index (χ0v) is 12.4. The molecular formula is C14H13BrFN3O. The van der Waals surface area contributed by atoms with Gasteiger partial charge in [0.25, 0.3) is 5.91 Å². The number of pyridine rings is 1. The molecule has 0 bridgehead atoms. The fourth-order valence-electron chi connectivity index (χ4n) is 1.64. The van der Waals surface area contributed by atoms with Gasteiger partial charge in [-0.15, -0.1) is 0 Å². The first kappa shape index (κ1) is 14.5. The summed E-state index contributed by atoms with van der Waals surface area (Å²) < 4.78 is 14.1. The van der Waals surface area contributed by atoms with Crippen LogP contribution in [-0.4, -0.2) is 17.4 Å². The lowest BCUT2D eigenvalue weighted by molar-refractivity contribution is 0.102. The number of carbonyl (C=O) groups is 1. The second-order valence-corrected chi connectivity index (χ2v) is 4.84. The number of rotatable bonds is 4. The molecule has 0 fully saturated rings. The van der Waals surface area contributed by atoms with Crippen molar-refractivity contribution in [3.05, 3.63) is 52.4 Å². The highest BCUT2D eigenvalue weighted by Crippen LogP contribution is 2.25. The van der Waals surface area contributed by atoms with Crippen LogP contribution in [0.25, 0.3) is 0 Å². The van der Waals surface area contributed by atoms with Crippen LogP contribution < -0.4 is 10.6 Å². The summed E-state index contributed by atoms with van der Waals surface area (Å²) >= 11 is 3.20. The molecule has 0 aliphatic rings. The van der Waals surface area contributed by atoms with Crippen LogP contribution in [0, 0.1) is 5.82 Å². The van der Waals surface area contributed by atoms with Crippen molar-refractivity contribution in [3.63, 3.8) is 0 Å². The SMILES string of the molecule is CCNc1cccc(C(=O)Nc2c(F)cccc2Br)n1. The van der Waals surface area contributed by atoms with Gasteiger partial charge >= 0.3 is 0 Å². The van der Waals surface area contributed by atoms with Gasteiger partial charge in [-0.25, -0.2) is 9.37 Å². The van der Waals surface area contributed by atoms with Crippen molar-refractivity contribution < 1.29 is 9.18 Å². The molecule has 0 saturated carbocycles. The largest absolute Gasteiger partial charge is 0.370 e. The molecule has 6 heteroatoms. The molecule has 104 valence electrons. The van der Waals surface area contributed by atoms with Crippen LogP contribution in [0.5, 0.6) is 0 Å². The van der Waals surface area contributed by atoms with E-state index in [1.807, 2.05) is 6.92 Å². The summed E-state index contributed by atoms with van der Waals surface area (Å²) in [5, 5.41) is 5.53. The molecule has 0 saturated heterocycles. The lowest BCUT2D eigenvalue weighted by Gasteiger charge is -2.09. The molecule has 1 heterocycles. The first-order valence-electron chi connectivity index (χ1n) is 6.08. The number of carbonyl (C=O) groups excluding carboxylic acids is 1. The standard InChI is InChI=1S/C14H13BrFN3O/c1-2-17-12-8-4-7-11(18-12)14(20)19-13-9(15)5-3-6-10(13)16/h3-8H,2H2,1H3,(H,17,18)(H,19,20). The van der Waals surface area contributed by atoms with Crippen molar-refractivity contribution in [1.82, 2.24) is 4.98 Å². The number of nitrogens with zero attached hydrogens (tertiary/aromatic N) is 1. The molecule has 0 radical (unpaired) electrons. The van der Waals surface area contributed by atoms with Crippen molar-refractivity contribution in [2.75, 3.05) is 17.2 Å². The first-order valence-corrected chi connectivity index (χ1v) is 6.87. The number of nitrogens with one attached hydrogen (secondary N) is 2. The predicted molar refractivity (Wildman–Crippen MR) is 80.5 cm³/mol. The van der Waals surface area contributed by atoms with E-state index >= 15 is 0 Å². The lowest BCUT2D eigenvalue weighted by Crippen LogP contribution is -2.15. The van der Waals surface area contributed by atoms with Crippen LogP contribution >= 0.6 is 15.9 Å². The van der Waals surface area contributed by atoms with E-state index in [-0.39, 0.29) is 11.4 Å². The van der Waals surface area contributed by atoms with E-state index in [2.05, 4.69) is 31.5 Å². The van der Waals surface area contributed by atoms with Crippen molar-refractivity contribution >= 4 is 33.3 Å². The van der Waals surface area contributed by atoms with E-state index in [9.17, 15) is 9.18 Å². The van der Waals surface area contributed by atoms with Gasteiger partial charge in [-0.2, -0.15) is 0 Å². The minimum Gasteiger partial charge on any atom is -0.370 e. The molecule has 1 amide bonds. The van der Waals surface area contributed by atoms with E-state index in [1.165, 1.54) is 6.07 Å². The van der Waals surface area contributed by atoms with Crippen molar-refractivity contribution in [2.24, 2.45) is 0 Å². The summed E-state index contributed by atoms with van der Waals surface area (Å²) in [6.45, 7) is 2.64. The number of hydrogen-bond acceptors (Lipinski definition) is 3. The Morgan fingerprint density at radius 2 is 2.05 bits per heavy atom. The Morgan fingerprint density at radius 3 is 2.75 bits per heavy atom. The average molecular weight is 338 g/mol. The minimum absolute atomic E-state index is 0.105. The summed E-state index contributed by atoms with van der Waals surface area (Å²) in [5.74, 6) is -0.362. The Kier molecular flexibility index (Phi) is 4.68. The maximum absolute atomic E-state index is 13.6. The molecule has 1 aromatic carbocycles. The highest BCUT2D eigenvalue weighted by molar-refractivity contribution is 9.10. The Bertz CT molecular complexity index is 613. The van der Waals surface area contributed by atoms with Gasteiger partial charge < -0.3 is 10.6 Å². The normalized spacial score (nSPS) is 10.2. The monoisotopic (exact) mass is 337 g/mol. The molecule has 1 aromatic heterocycles. The zero-order valence-electron chi connectivity index (χ0n) is 10.8. The van der Waals surface area contributed by atoms with Crippen LogP contribution in [0.15, 0.2) is 40.9 Å². The second kappa shape index (κ2) is 6.47. The number of anilines is 2. The fraction of sp³-hybridized carbons (Fsp3) is 0.143. The highest BCUT2D eigenvalue weighted by Gasteiger charge is 2.13. The molecule has 0 unspecified atom stereocenters. The Labute approximate surface area is 124 Å². The lowest BCUT2D eigenvalue weighted by atomic mass is 10.2. The van der Waals surface area contributed by atoms with Crippen LogP contribution in [0.3, 0.4) is 0 Å². The molecular weight excluding hydrogens is 325 g/mol. The Hall–Kier alpha value is -1.95. The number of amides is 1. The van der Waals surface area contributed by atoms with Gasteiger partial charge in [0.15, 0.2) is 0 Å². The molecule has 20 heavy (non-hydrogen) atoms. The van der Waals surface area contributed by atoms with Gasteiger partial charge in [0.2, 0.25) is 0 Å². The second-order valence-electron chi connectivity index (χ2n) is 3.99. The molecule has 4 nitrogen and oxygen atoms in total. The van der Waals surface area contributed by atoms with E-state index in [0.29, 0.717) is 16.8 Å². The third-order valence-corrected chi connectivity index (χ3v) is 3.20. The Morgan fingerprint density at radius 1 is 1.30 bits per heavy atom. The number of para-hydroxylation sites is 1. The first-order chi connectivity index (χ1) is 9.61. The van der Waals surface area contributed by atoms with Gasteiger partial charge in [0.05, 0.1) is 5.69 Å². The molecule has 2 N–H and O–H groups in total. The molecule has 0 atom stereocenters. The number of halogens is 2. The van der Waals surface area contributed by atoms with E-state index in [1.54, 1.807) is 30.3 Å². The molecule has 0 spiro atoms. The maximum Gasteiger partial charge on any atom is 0.274 e. The van der Waals surface area contributed by atoms with E-state index in [0.717, 1.165) is 0 Å². The fourth-order valence-corrected chi connectivity index (χ4v) is 2.08. The third kappa shape index (κ3) is 3.33. The van der Waals surface area contributed by atoms with Crippen LogP contribution in [0.2, 0.25) is 0 Å². The number of benzene rings is 1. The van der Waals surface area contributed by atoms with E-state index in [4.69, 9.17) is 0 Å². The zero-order chi connectivity index (χ0) is 14.5. The third-order valence-electron chi connectivity index (χ3n) is 2.54. The quantitative estimate of drug-likeness (QED) is 0.894. The van der Waals surface area contributed by atoms with Gasteiger partial charge in [-0.3, -0.25) is 4.79 Å². The summed E-state index contributed by atoms with van der Waals surface area (Å²) in [6.07, 6.45) is 0. The number of aromatic nitrogens is 1. The molecule has 0 aliphatic heterocycles. The van der Waals surface area contributed by atoms with Gasteiger partial charge in [-0.1, -0.05) is 12.1 Å². The predicted octanol–water partition coefficient (Wildman–Crippen LogP) is 3.67. The summed E-state index contributed by atoms with van der Waals surface area (Å²) in [5.41, 5.74) is 0.326. The van der Waals surface area contributed by atoms with Gasteiger partial charge in [0, 0.05) is 11.0 Å². The maximum atomic E-state index is 13.6. The van der Waals surface area contributed by atoms with Gasteiger partial charge in [-0.05, 0) is 47.1 Å². The number of hydrogen-bond donors (Lipinski definition) is 2. The summed E-state index contributed by atoms with van der Waals surface area (Å²) in [4.78, 5) is 16.2. The van der Waals surface area contributed by atoms with E-state index < -0.39 is 11.7 Å². The van der Waals surface area contributed by atoms with Crippen LogP contribution in [-0.2, 0) is 0 Å². The highest BCUT2D eigenvalue weighted by atomic mass is 79.9. The average Bonchev–Trinajstić information content (AvgIpc) is 2.43. The van der Waals surface area contributed by atoms with Crippen LogP contribution in [0.4, 0.5) is 15.9 Å². The minimum atomic E-state index is -0.504. The topological polar surface area (TPSA) is 54.0 Å². The molecule has 2 aromatic rings.